The van der Waals surface area contributed by atoms with E-state index in [1.54, 1.807) is 0 Å². The van der Waals surface area contributed by atoms with E-state index < -0.39 is 6.17 Å². The number of aromatic nitrogens is 2. The molecule has 1 saturated carbocycles. The Bertz CT molecular complexity index is 642. The van der Waals surface area contributed by atoms with Crippen molar-refractivity contribution in [3.63, 3.8) is 0 Å². The van der Waals surface area contributed by atoms with Crippen LogP contribution in [0.3, 0.4) is 0 Å². The second-order valence-electron chi connectivity index (χ2n) is 6.85. The van der Waals surface area contributed by atoms with Crippen LogP contribution in [-0.2, 0) is 6.42 Å². The molecule has 1 aliphatic carbocycles. The van der Waals surface area contributed by atoms with Gasteiger partial charge in [-0.25, -0.2) is 9.37 Å². The van der Waals surface area contributed by atoms with Crippen molar-refractivity contribution in [1.82, 2.24) is 9.55 Å². The summed E-state index contributed by atoms with van der Waals surface area (Å²) in [6, 6.07) is 8.68. The van der Waals surface area contributed by atoms with Crippen molar-refractivity contribution in [2.75, 3.05) is 0 Å². The Morgan fingerprint density at radius 3 is 2.86 bits per heavy atom. The van der Waals surface area contributed by atoms with E-state index in [-0.39, 0.29) is 12.0 Å². The van der Waals surface area contributed by atoms with Gasteiger partial charge in [0.05, 0.1) is 18.2 Å². The number of imidazole rings is 1. The smallest absolute Gasteiger partial charge is 0.105 e. The molecule has 22 heavy (non-hydrogen) atoms. The number of nitrogens with zero attached hydrogens (tertiary/aromatic N) is 2. The molecule has 3 heteroatoms. The van der Waals surface area contributed by atoms with E-state index in [0.717, 1.165) is 25.0 Å². The third-order valence-electron chi connectivity index (χ3n) is 5.47. The highest BCUT2D eigenvalue weighted by Gasteiger charge is 2.30. The lowest BCUT2D eigenvalue weighted by Crippen LogP contribution is -2.26. The molecular weight excluding hydrogens is 275 g/mol. The molecule has 1 aromatic carbocycles. The number of rotatable bonds is 3. The van der Waals surface area contributed by atoms with Gasteiger partial charge in [-0.15, -0.1) is 0 Å². The van der Waals surface area contributed by atoms with Crippen LogP contribution in [0.15, 0.2) is 36.8 Å². The summed E-state index contributed by atoms with van der Waals surface area (Å²) in [6.45, 7) is 0. The molecule has 0 N–H and O–H groups in total. The first kappa shape index (κ1) is 14.0. The molecule has 2 aliphatic rings. The zero-order valence-corrected chi connectivity index (χ0v) is 12.9. The Hall–Kier alpha value is -1.64. The van der Waals surface area contributed by atoms with Crippen LogP contribution in [0, 0.1) is 5.92 Å². The summed E-state index contributed by atoms with van der Waals surface area (Å²) < 4.78 is 17.0. The third kappa shape index (κ3) is 2.47. The summed E-state index contributed by atoms with van der Waals surface area (Å²) in [5.74, 6) is 0.276. The Kier molecular flexibility index (Phi) is 3.73. The van der Waals surface area contributed by atoms with Crippen molar-refractivity contribution in [2.45, 2.75) is 57.2 Å². The van der Waals surface area contributed by atoms with Crippen LogP contribution in [0.2, 0.25) is 0 Å². The molecule has 1 fully saturated rings. The van der Waals surface area contributed by atoms with Crippen LogP contribution in [0.1, 0.15) is 50.1 Å². The standard InChI is InChI=1S/C19H23FN2/c20-18(14-6-2-1-3-7-14)11-16-10-15-8-4-5-9-17(15)19-12-21-13-22(16)19/h4-5,8-9,12-14,16,18H,1-3,6-7,10-11H2. The minimum atomic E-state index is -0.675. The maximum absolute atomic E-state index is 14.8. The van der Waals surface area contributed by atoms with Crippen LogP contribution in [0.4, 0.5) is 4.39 Å². The first-order valence-electron chi connectivity index (χ1n) is 8.57. The molecule has 4 rings (SSSR count). The van der Waals surface area contributed by atoms with Crippen LogP contribution < -0.4 is 0 Å². The SMILES string of the molecule is FC(CC1Cc2ccccc2-c2cncn21)C1CCCCC1. The normalized spacial score (nSPS) is 22.9. The van der Waals surface area contributed by atoms with E-state index in [4.69, 9.17) is 0 Å². The summed E-state index contributed by atoms with van der Waals surface area (Å²) in [6.07, 6.45) is 10.5. The van der Waals surface area contributed by atoms with Crippen molar-refractivity contribution >= 4 is 0 Å². The first-order valence-corrected chi connectivity index (χ1v) is 8.57. The number of fused-ring (bicyclic) bond motifs is 3. The molecule has 0 amide bonds. The molecule has 0 spiro atoms. The Morgan fingerprint density at radius 2 is 2.00 bits per heavy atom. The number of hydrogen-bond acceptors (Lipinski definition) is 1. The number of halogens is 1. The van der Waals surface area contributed by atoms with Crippen LogP contribution in [0.25, 0.3) is 11.3 Å². The molecule has 2 heterocycles. The van der Waals surface area contributed by atoms with Crippen molar-refractivity contribution < 1.29 is 4.39 Å². The molecular formula is C19H23FN2. The molecule has 2 unspecified atom stereocenters. The Labute approximate surface area is 131 Å². The minimum absolute atomic E-state index is 0.212. The highest BCUT2D eigenvalue weighted by molar-refractivity contribution is 5.65. The van der Waals surface area contributed by atoms with Crippen molar-refractivity contribution in [3.05, 3.63) is 42.4 Å². The van der Waals surface area contributed by atoms with E-state index in [2.05, 4.69) is 33.8 Å². The zero-order chi connectivity index (χ0) is 14.9. The van der Waals surface area contributed by atoms with Gasteiger partial charge < -0.3 is 4.57 Å². The summed E-state index contributed by atoms with van der Waals surface area (Å²) in [5, 5.41) is 0. The van der Waals surface area contributed by atoms with Gasteiger partial charge in [0.2, 0.25) is 0 Å². The van der Waals surface area contributed by atoms with Gasteiger partial charge in [-0.05, 0) is 37.2 Å². The maximum Gasteiger partial charge on any atom is 0.105 e. The van der Waals surface area contributed by atoms with Gasteiger partial charge in [0.15, 0.2) is 0 Å². The van der Waals surface area contributed by atoms with Gasteiger partial charge in [0.1, 0.15) is 6.17 Å². The number of benzene rings is 1. The summed E-state index contributed by atoms with van der Waals surface area (Å²) in [7, 11) is 0. The Balaban J connectivity index is 1.56. The van der Waals surface area contributed by atoms with E-state index in [1.165, 1.54) is 30.4 Å². The van der Waals surface area contributed by atoms with E-state index in [0.29, 0.717) is 6.42 Å². The highest BCUT2D eigenvalue weighted by atomic mass is 19.1. The van der Waals surface area contributed by atoms with Crippen LogP contribution in [0.5, 0.6) is 0 Å². The average Bonchev–Trinajstić information content (AvgIpc) is 3.06. The lowest BCUT2D eigenvalue weighted by Gasteiger charge is -2.32. The topological polar surface area (TPSA) is 17.8 Å². The largest absolute Gasteiger partial charge is 0.327 e. The third-order valence-corrected chi connectivity index (χ3v) is 5.47. The van der Waals surface area contributed by atoms with Gasteiger partial charge in [-0.1, -0.05) is 43.5 Å². The summed E-state index contributed by atoms with van der Waals surface area (Å²) >= 11 is 0. The zero-order valence-electron chi connectivity index (χ0n) is 12.9. The molecule has 0 bridgehead atoms. The lowest BCUT2D eigenvalue weighted by molar-refractivity contribution is 0.150. The molecule has 2 atom stereocenters. The number of alkyl halides is 1. The molecule has 0 saturated heterocycles. The average molecular weight is 298 g/mol. The molecule has 1 aromatic heterocycles. The summed E-state index contributed by atoms with van der Waals surface area (Å²) in [5.41, 5.74) is 3.73. The first-order chi connectivity index (χ1) is 10.8. The Morgan fingerprint density at radius 1 is 1.18 bits per heavy atom. The van der Waals surface area contributed by atoms with Gasteiger partial charge in [0, 0.05) is 11.6 Å². The van der Waals surface area contributed by atoms with Crippen molar-refractivity contribution in [2.24, 2.45) is 5.92 Å². The second kappa shape index (κ2) is 5.86. The van der Waals surface area contributed by atoms with E-state index in [9.17, 15) is 4.39 Å². The fourth-order valence-electron chi connectivity index (χ4n) is 4.25. The van der Waals surface area contributed by atoms with E-state index in [1.807, 2.05) is 12.5 Å². The molecule has 2 nitrogen and oxygen atoms in total. The van der Waals surface area contributed by atoms with E-state index >= 15 is 0 Å². The molecule has 0 radical (unpaired) electrons. The molecule has 1 aliphatic heterocycles. The van der Waals surface area contributed by atoms with Gasteiger partial charge in [-0.3, -0.25) is 0 Å². The quantitative estimate of drug-likeness (QED) is 0.783. The highest BCUT2D eigenvalue weighted by Crippen LogP contribution is 2.39. The minimum Gasteiger partial charge on any atom is -0.327 e. The van der Waals surface area contributed by atoms with Crippen molar-refractivity contribution in [3.8, 4) is 11.3 Å². The summed E-state index contributed by atoms with van der Waals surface area (Å²) in [4.78, 5) is 4.31. The molecule has 116 valence electrons. The molecule has 2 aromatic rings. The van der Waals surface area contributed by atoms with Gasteiger partial charge in [0.25, 0.3) is 0 Å². The fourth-order valence-corrected chi connectivity index (χ4v) is 4.25. The second-order valence-corrected chi connectivity index (χ2v) is 6.85. The predicted octanol–water partition coefficient (Wildman–Crippen LogP) is 4.96. The predicted molar refractivity (Wildman–Crippen MR) is 86.5 cm³/mol. The number of hydrogen-bond donors (Lipinski definition) is 0. The lowest BCUT2D eigenvalue weighted by atomic mass is 9.82. The monoisotopic (exact) mass is 298 g/mol. The van der Waals surface area contributed by atoms with Crippen LogP contribution >= 0.6 is 0 Å². The van der Waals surface area contributed by atoms with Crippen LogP contribution in [-0.4, -0.2) is 15.7 Å². The van der Waals surface area contributed by atoms with Gasteiger partial charge in [-0.2, -0.15) is 0 Å². The fraction of sp³-hybridized carbons (Fsp3) is 0.526. The van der Waals surface area contributed by atoms with Crippen molar-refractivity contribution in [1.29, 1.82) is 0 Å². The van der Waals surface area contributed by atoms with Gasteiger partial charge >= 0.3 is 0 Å². The maximum atomic E-state index is 14.8.